The normalized spacial score (nSPS) is 26.0. The zero-order valence-electron chi connectivity index (χ0n) is 19.9. The standard InChI is InChI=1S/C29H41NO2/c1-2-3-4-7-23-10-12-24(13-11-23)8-5-6-9-25-14-18-27(19-15-25)29(31)32-28-20-16-26(22-30)17-21-28/h6,9,16-17,20-21,23-25,27H,2-5,7-8,10-15,18-19H2,1H3/b9-6+. The Hall–Kier alpha value is -2.08. The van der Waals surface area contributed by atoms with Crippen molar-refractivity contribution in [2.75, 3.05) is 0 Å². The second-order valence-corrected chi connectivity index (χ2v) is 10.1. The SMILES string of the molecule is CCCCCC1CCC(CC/C=C/C2CCC(C(=O)Oc3ccc(C#N)cc3)CC2)CC1. The zero-order valence-corrected chi connectivity index (χ0v) is 19.9. The van der Waals surface area contributed by atoms with Gasteiger partial charge in [-0.25, -0.2) is 0 Å². The number of rotatable bonds is 10. The van der Waals surface area contributed by atoms with Crippen LogP contribution in [0.25, 0.3) is 0 Å². The number of nitriles is 1. The van der Waals surface area contributed by atoms with E-state index in [0.717, 1.165) is 37.5 Å². The highest BCUT2D eigenvalue weighted by Crippen LogP contribution is 2.35. The summed E-state index contributed by atoms with van der Waals surface area (Å²) in [5.74, 6) is 2.97. The first-order valence-corrected chi connectivity index (χ1v) is 13.1. The first-order valence-electron chi connectivity index (χ1n) is 13.1. The van der Waals surface area contributed by atoms with Crippen molar-refractivity contribution in [3.8, 4) is 11.8 Å². The van der Waals surface area contributed by atoms with E-state index in [-0.39, 0.29) is 11.9 Å². The Morgan fingerprint density at radius 2 is 1.62 bits per heavy atom. The molecule has 1 aromatic carbocycles. The van der Waals surface area contributed by atoms with Crippen LogP contribution >= 0.6 is 0 Å². The van der Waals surface area contributed by atoms with E-state index in [4.69, 9.17) is 10.00 Å². The van der Waals surface area contributed by atoms with Gasteiger partial charge in [-0.1, -0.05) is 70.4 Å². The summed E-state index contributed by atoms with van der Waals surface area (Å²) in [5.41, 5.74) is 0.576. The molecule has 1 aromatic rings. The van der Waals surface area contributed by atoms with Gasteiger partial charge >= 0.3 is 5.97 Å². The number of carbonyl (C=O) groups is 1. The van der Waals surface area contributed by atoms with Gasteiger partial charge in [-0.05, 0) is 80.5 Å². The molecule has 3 rings (SSSR count). The van der Waals surface area contributed by atoms with Crippen LogP contribution in [0.15, 0.2) is 36.4 Å². The van der Waals surface area contributed by atoms with Crippen molar-refractivity contribution in [1.82, 2.24) is 0 Å². The van der Waals surface area contributed by atoms with Crippen LogP contribution in [0.4, 0.5) is 0 Å². The number of esters is 1. The fraction of sp³-hybridized carbons (Fsp3) is 0.655. The average Bonchev–Trinajstić information content (AvgIpc) is 2.84. The summed E-state index contributed by atoms with van der Waals surface area (Å²) in [7, 11) is 0. The maximum absolute atomic E-state index is 12.5. The number of nitrogens with zero attached hydrogens (tertiary/aromatic N) is 1. The maximum atomic E-state index is 12.5. The van der Waals surface area contributed by atoms with Gasteiger partial charge < -0.3 is 4.74 Å². The van der Waals surface area contributed by atoms with Gasteiger partial charge in [0.15, 0.2) is 0 Å². The molecule has 0 heterocycles. The molecule has 32 heavy (non-hydrogen) atoms. The number of benzene rings is 1. The first-order chi connectivity index (χ1) is 15.7. The number of allylic oxidation sites excluding steroid dienone is 2. The Kier molecular flexibility index (Phi) is 10.3. The highest BCUT2D eigenvalue weighted by Gasteiger charge is 2.27. The van der Waals surface area contributed by atoms with E-state index in [2.05, 4.69) is 25.1 Å². The summed E-state index contributed by atoms with van der Waals surface area (Å²) in [4.78, 5) is 12.5. The van der Waals surface area contributed by atoms with Crippen LogP contribution in [0, 0.1) is 35.0 Å². The minimum absolute atomic E-state index is 0.00260. The molecule has 2 aliphatic carbocycles. The summed E-state index contributed by atoms with van der Waals surface area (Å²) >= 11 is 0. The van der Waals surface area contributed by atoms with Crippen LogP contribution in [0.1, 0.15) is 102 Å². The fourth-order valence-electron chi connectivity index (χ4n) is 5.46. The van der Waals surface area contributed by atoms with Gasteiger partial charge in [-0.15, -0.1) is 0 Å². The summed E-state index contributed by atoms with van der Waals surface area (Å²) in [6.07, 6.45) is 22.8. The highest BCUT2D eigenvalue weighted by molar-refractivity contribution is 5.75. The van der Waals surface area contributed by atoms with E-state index in [1.54, 1.807) is 24.3 Å². The minimum Gasteiger partial charge on any atom is -0.426 e. The molecule has 174 valence electrons. The van der Waals surface area contributed by atoms with Crippen molar-refractivity contribution >= 4 is 5.97 Å². The highest BCUT2D eigenvalue weighted by atomic mass is 16.5. The largest absolute Gasteiger partial charge is 0.426 e. The number of hydrogen-bond acceptors (Lipinski definition) is 3. The summed E-state index contributed by atoms with van der Waals surface area (Å²) in [5, 5.41) is 8.86. The topological polar surface area (TPSA) is 50.1 Å². The Bertz CT molecular complexity index is 744. The molecular formula is C29H41NO2. The summed E-state index contributed by atoms with van der Waals surface area (Å²) < 4.78 is 5.52. The maximum Gasteiger partial charge on any atom is 0.314 e. The third-order valence-electron chi connectivity index (χ3n) is 7.64. The predicted octanol–water partition coefficient (Wildman–Crippen LogP) is 7.99. The van der Waals surface area contributed by atoms with Gasteiger partial charge in [0.2, 0.25) is 0 Å². The molecule has 0 bridgehead atoms. The Labute approximate surface area is 195 Å². The molecule has 3 heteroatoms. The van der Waals surface area contributed by atoms with Gasteiger partial charge in [0.05, 0.1) is 17.6 Å². The predicted molar refractivity (Wildman–Crippen MR) is 130 cm³/mol. The van der Waals surface area contributed by atoms with Gasteiger partial charge in [-0.3, -0.25) is 4.79 Å². The lowest BCUT2D eigenvalue weighted by Gasteiger charge is -2.28. The van der Waals surface area contributed by atoms with Gasteiger partial charge in [0, 0.05) is 0 Å². The van der Waals surface area contributed by atoms with Crippen LogP contribution in [-0.4, -0.2) is 5.97 Å². The van der Waals surface area contributed by atoms with Gasteiger partial charge in [0.25, 0.3) is 0 Å². The molecule has 0 unspecified atom stereocenters. The molecule has 0 aliphatic heterocycles. The number of unbranched alkanes of at least 4 members (excludes halogenated alkanes) is 2. The number of hydrogen-bond donors (Lipinski definition) is 0. The number of ether oxygens (including phenoxy) is 1. The molecule has 0 saturated heterocycles. The average molecular weight is 436 g/mol. The van der Waals surface area contributed by atoms with Crippen molar-refractivity contribution in [3.63, 3.8) is 0 Å². The van der Waals surface area contributed by atoms with E-state index in [9.17, 15) is 4.79 Å². The van der Waals surface area contributed by atoms with Gasteiger partial charge in [-0.2, -0.15) is 5.26 Å². The molecule has 2 saturated carbocycles. The van der Waals surface area contributed by atoms with Crippen molar-refractivity contribution in [3.05, 3.63) is 42.0 Å². The molecule has 3 nitrogen and oxygen atoms in total. The molecule has 2 fully saturated rings. The molecular weight excluding hydrogens is 394 g/mol. The van der Waals surface area contributed by atoms with Crippen LogP contribution in [0.2, 0.25) is 0 Å². The first kappa shape index (κ1) is 24.6. The zero-order chi connectivity index (χ0) is 22.6. The van der Waals surface area contributed by atoms with Gasteiger partial charge in [0.1, 0.15) is 5.75 Å². The monoisotopic (exact) mass is 435 g/mol. The third kappa shape index (κ3) is 8.12. The van der Waals surface area contributed by atoms with E-state index in [1.165, 1.54) is 64.2 Å². The molecule has 0 aromatic heterocycles. The Morgan fingerprint density at radius 1 is 0.969 bits per heavy atom. The third-order valence-corrected chi connectivity index (χ3v) is 7.64. The van der Waals surface area contributed by atoms with Crippen molar-refractivity contribution in [1.29, 1.82) is 5.26 Å². The van der Waals surface area contributed by atoms with E-state index >= 15 is 0 Å². The smallest absolute Gasteiger partial charge is 0.314 e. The molecule has 2 aliphatic rings. The van der Waals surface area contributed by atoms with Crippen molar-refractivity contribution in [2.45, 2.75) is 96.8 Å². The second-order valence-electron chi connectivity index (χ2n) is 10.1. The summed E-state index contributed by atoms with van der Waals surface area (Å²) in [6.45, 7) is 2.29. The molecule has 0 radical (unpaired) electrons. The Balaban J connectivity index is 1.28. The van der Waals surface area contributed by atoms with Crippen LogP contribution in [-0.2, 0) is 4.79 Å². The lowest BCUT2D eigenvalue weighted by molar-refractivity contribution is -0.140. The van der Waals surface area contributed by atoms with Crippen LogP contribution < -0.4 is 4.74 Å². The lowest BCUT2D eigenvalue weighted by atomic mass is 9.78. The van der Waals surface area contributed by atoms with Crippen LogP contribution in [0.5, 0.6) is 5.75 Å². The summed E-state index contributed by atoms with van der Waals surface area (Å²) in [6, 6.07) is 8.84. The molecule has 0 amide bonds. The molecule has 0 atom stereocenters. The molecule has 0 N–H and O–H groups in total. The van der Waals surface area contributed by atoms with Crippen LogP contribution in [0.3, 0.4) is 0 Å². The number of carbonyl (C=O) groups excluding carboxylic acids is 1. The van der Waals surface area contributed by atoms with E-state index in [0.29, 0.717) is 17.2 Å². The lowest BCUT2D eigenvalue weighted by Crippen LogP contribution is -2.25. The fourth-order valence-corrected chi connectivity index (χ4v) is 5.46. The van der Waals surface area contributed by atoms with E-state index in [1.807, 2.05) is 0 Å². The Morgan fingerprint density at radius 3 is 2.25 bits per heavy atom. The van der Waals surface area contributed by atoms with Crippen molar-refractivity contribution in [2.24, 2.45) is 23.7 Å². The van der Waals surface area contributed by atoms with E-state index < -0.39 is 0 Å². The molecule has 0 spiro atoms. The quantitative estimate of drug-likeness (QED) is 0.162. The second kappa shape index (κ2) is 13.5. The minimum atomic E-state index is -0.123. The van der Waals surface area contributed by atoms with Crippen molar-refractivity contribution < 1.29 is 9.53 Å².